The SMILES string of the molecule is N#Cc1cc(NCCc2ccc(F)cc2)nc(=O)[nH]1. The lowest BCUT2D eigenvalue weighted by atomic mass is 10.1. The number of aromatic amines is 1. The van der Waals surface area contributed by atoms with Crippen molar-refractivity contribution in [1.29, 1.82) is 5.26 Å². The predicted molar refractivity (Wildman–Crippen MR) is 68.2 cm³/mol. The molecule has 19 heavy (non-hydrogen) atoms. The van der Waals surface area contributed by atoms with Crippen LogP contribution in [0.25, 0.3) is 0 Å². The van der Waals surface area contributed by atoms with Crippen LogP contribution < -0.4 is 11.0 Å². The molecule has 0 aliphatic heterocycles. The summed E-state index contributed by atoms with van der Waals surface area (Å²) in [5, 5.41) is 11.7. The standard InChI is InChI=1S/C13H11FN4O/c14-10-3-1-9(2-4-10)5-6-16-12-7-11(8-15)17-13(19)18-12/h1-4,7H,5-6H2,(H2,16,17,18,19). The number of aromatic nitrogens is 2. The zero-order valence-corrected chi connectivity index (χ0v) is 9.98. The zero-order valence-electron chi connectivity index (χ0n) is 9.98. The van der Waals surface area contributed by atoms with Crippen molar-refractivity contribution < 1.29 is 4.39 Å². The molecule has 0 atom stereocenters. The van der Waals surface area contributed by atoms with E-state index in [0.29, 0.717) is 18.8 Å². The smallest absolute Gasteiger partial charge is 0.347 e. The summed E-state index contributed by atoms with van der Waals surface area (Å²) in [4.78, 5) is 17.1. The average Bonchev–Trinajstić information content (AvgIpc) is 2.40. The van der Waals surface area contributed by atoms with Gasteiger partial charge in [0.2, 0.25) is 0 Å². The first-order chi connectivity index (χ1) is 9.17. The van der Waals surface area contributed by atoms with Crippen LogP contribution in [-0.2, 0) is 6.42 Å². The molecule has 2 rings (SSSR count). The molecule has 1 aromatic carbocycles. The summed E-state index contributed by atoms with van der Waals surface area (Å²) in [6.45, 7) is 0.535. The highest BCUT2D eigenvalue weighted by Gasteiger charge is 2.00. The van der Waals surface area contributed by atoms with Crippen LogP contribution in [-0.4, -0.2) is 16.5 Å². The van der Waals surface area contributed by atoms with Gasteiger partial charge in [-0.15, -0.1) is 0 Å². The average molecular weight is 258 g/mol. The number of halogens is 1. The molecular formula is C13H11FN4O. The van der Waals surface area contributed by atoms with Crippen molar-refractivity contribution in [3.05, 3.63) is 57.9 Å². The Morgan fingerprint density at radius 1 is 1.37 bits per heavy atom. The number of benzene rings is 1. The number of rotatable bonds is 4. The first-order valence-electron chi connectivity index (χ1n) is 5.67. The van der Waals surface area contributed by atoms with Crippen LogP contribution in [0.4, 0.5) is 10.2 Å². The summed E-state index contributed by atoms with van der Waals surface area (Å²) in [6, 6.07) is 9.50. The van der Waals surface area contributed by atoms with E-state index in [4.69, 9.17) is 5.26 Å². The molecule has 96 valence electrons. The Morgan fingerprint density at radius 2 is 2.11 bits per heavy atom. The fourth-order valence-corrected chi connectivity index (χ4v) is 1.59. The van der Waals surface area contributed by atoms with Gasteiger partial charge in [0.25, 0.3) is 0 Å². The van der Waals surface area contributed by atoms with Crippen LogP contribution in [0.1, 0.15) is 11.3 Å². The van der Waals surface area contributed by atoms with Crippen molar-refractivity contribution in [3.63, 3.8) is 0 Å². The van der Waals surface area contributed by atoms with Crippen molar-refractivity contribution in [3.8, 4) is 6.07 Å². The van der Waals surface area contributed by atoms with Crippen molar-refractivity contribution in [2.45, 2.75) is 6.42 Å². The summed E-state index contributed by atoms with van der Waals surface area (Å²) in [5.41, 5.74) is 0.562. The normalized spacial score (nSPS) is 9.89. The molecule has 0 unspecified atom stereocenters. The van der Waals surface area contributed by atoms with E-state index in [0.717, 1.165) is 5.56 Å². The van der Waals surface area contributed by atoms with E-state index in [1.54, 1.807) is 12.1 Å². The number of hydrogen-bond acceptors (Lipinski definition) is 4. The maximum absolute atomic E-state index is 12.7. The lowest BCUT2D eigenvalue weighted by Crippen LogP contribution is -2.16. The van der Waals surface area contributed by atoms with E-state index in [1.807, 2.05) is 6.07 Å². The van der Waals surface area contributed by atoms with Crippen molar-refractivity contribution in [2.75, 3.05) is 11.9 Å². The molecular weight excluding hydrogens is 247 g/mol. The Balaban J connectivity index is 1.96. The highest BCUT2D eigenvalue weighted by molar-refractivity contribution is 5.38. The summed E-state index contributed by atoms with van der Waals surface area (Å²) in [5.74, 6) is 0.0778. The summed E-state index contributed by atoms with van der Waals surface area (Å²) in [6.07, 6.45) is 0.663. The van der Waals surface area contributed by atoms with Gasteiger partial charge < -0.3 is 5.32 Å². The summed E-state index contributed by atoms with van der Waals surface area (Å²) < 4.78 is 12.7. The highest BCUT2D eigenvalue weighted by Crippen LogP contribution is 2.05. The number of anilines is 1. The molecule has 0 fully saturated rings. The maximum Gasteiger partial charge on any atom is 0.347 e. The minimum atomic E-state index is -0.566. The van der Waals surface area contributed by atoms with Gasteiger partial charge in [-0.3, -0.25) is 4.98 Å². The van der Waals surface area contributed by atoms with Gasteiger partial charge in [-0.2, -0.15) is 10.2 Å². The van der Waals surface area contributed by atoms with Crippen molar-refractivity contribution in [1.82, 2.24) is 9.97 Å². The van der Waals surface area contributed by atoms with Crippen molar-refractivity contribution in [2.24, 2.45) is 0 Å². The Kier molecular flexibility index (Phi) is 3.88. The molecule has 0 amide bonds. The molecule has 2 N–H and O–H groups in total. The highest BCUT2D eigenvalue weighted by atomic mass is 19.1. The largest absolute Gasteiger partial charge is 0.369 e. The Morgan fingerprint density at radius 3 is 2.79 bits per heavy atom. The molecule has 0 saturated carbocycles. The number of H-pyrrole nitrogens is 1. The Hall–Kier alpha value is -2.68. The quantitative estimate of drug-likeness (QED) is 0.869. The fourth-order valence-electron chi connectivity index (χ4n) is 1.59. The van der Waals surface area contributed by atoms with Gasteiger partial charge in [-0.25, -0.2) is 9.18 Å². The van der Waals surface area contributed by atoms with Gasteiger partial charge in [-0.05, 0) is 24.1 Å². The number of nitriles is 1. The molecule has 0 aliphatic carbocycles. The van der Waals surface area contributed by atoms with E-state index in [-0.39, 0.29) is 11.5 Å². The van der Waals surface area contributed by atoms with Gasteiger partial charge in [0.05, 0.1) is 0 Å². The molecule has 5 nitrogen and oxygen atoms in total. The second-order valence-corrected chi connectivity index (χ2v) is 3.90. The lowest BCUT2D eigenvalue weighted by molar-refractivity contribution is 0.627. The van der Waals surface area contributed by atoms with Gasteiger partial charge in [-0.1, -0.05) is 12.1 Å². The second kappa shape index (κ2) is 5.78. The fraction of sp³-hybridized carbons (Fsp3) is 0.154. The Bertz CT molecular complexity index is 658. The van der Waals surface area contributed by atoms with E-state index >= 15 is 0 Å². The van der Waals surface area contributed by atoms with Crippen LogP contribution in [0.5, 0.6) is 0 Å². The van der Waals surface area contributed by atoms with E-state index < -0.39 is 5.69 Å². The van der Waals surface area contributed by atoms with Gasteiger partial charge in [0.1, 0.15) is 23.4 Å². The van der Waals surface area contributed by atoms with Gasteiger partial charge in [0.15, 0.2) is 0 Å². The van der Waals surface area contributed by atoms with Crippen LogP contribution in [0.15, 0.2) is 35.1 Å². The van der Waals surface area contributed by atoms with Crippen LogP contribution >= 0.6 is 0 Å². The predicted octanol–water partition coefficient (Wildman–Crippen LogP) is 1.44. The van der Waals surface area contributed by atoms with E-state index in [2.05, 4.69) is 15.3 Å². The molecule has 0 aliphatic rings. The van der Waals surface area contributed by atoms with Gasteiger partial charge in [0, 0.05) is 12.6 Å². The number of nitrogens with zero attached hydrogens (tertiary/aromatic N) is 2. The molecule has 0 saturated heterocycles. The van der Waals surface area contributed by atoms with E-state index in [9.17, 15) is 9.18 Å². The van der Waals surface area contributed by atoms with Crippen LogP contribution in [0, 0.1) is 17.1 Å². The monoisotopic (exact) mass is 258 g/mol. The third kappa shape index (κ3) is 3.64. The van der Waals surface area contributed by atoms with Gasteiger partial charge >= 0.3 is 5.69 Å². The molecule has 0 radical (unpaired) electrons. The minimum absolute atomic E-state index is 0.157. The molecule has 0 bridgehead atoms. The van der Waals surface area contributed by atoms with E-state index in [1.165, 1.54) is 18.2 Å². The first kappa shape index (κ1) is 12.8. The molecule has 6 heteroatoms. The molecule has 1 heterocycles. The maximum atomic E-state index is 12.7. The third-order valence-electron chi connectivity index (χ3n) is 2.50. The summed E-state index contributed by atoms with van der Waals surface area (Å²) >= 11 is 0. The summed E-state index contributed by atoms with van der Waals surface area (Å²) in [7, 11) is 0. The molecule has 2 aromatic rings. The molecule has 1 aromatic heterocycles. The lowest BCUT2D eigenvalue weighted by Gasteiger charge is -2.05. The molecule has 0 spiro atoms. The zero-order chi connectivity index (χ0) is 13.7. The topological polar surface area (TPSA) is 81.6 Å². The third-order valence-corrected chi connectivity index (χ3v) is 2.50. The first-order valence-corrected chi connectivity index (χ1v) is 5.67. The van der Waals surface area contributed by atoms with Crippen LogP contribution in [0.3, 0.4) is 0 Å². The van der Waals surface area contributed by atoms with Crippen LogP contribution in [0.2, 0.25) is 0 Å². The minimum Gasteiger partial charge on any atom is -0.369 e. The van der Waals surface area contributed by atoms with Crippen molar-refractivity contribution >= 4 is 5.82 Å². The number of hydrogen-bond donors (Lipinski definition) is 2. The second-order valence-electron chi connectivity index (χ2n) is 3.90. The Labute approximate surface area is 108 Å². The number of nitrogens with one attached hydrogen (secondary N) is 2.